The number of likely N-dealkylation sites (tertiary alicyclic amines) is 2. The number of hydrogen-bond donors (Lipinski definition) is 0. The molecule has 10 heteroatoms. The number of carbonyl (C=O) groups is 2. The zero-order valence-electron chi connectivity index (χ0n) is 23.9. The lowest BCUT2D eigenvalue weighted by atomic mass is 9.94. The summed E-state index contributed by atoms with van der Waals surface area (Å²) in [4.78, 5) is 37.2. The molecule has 2 fully saturated rings. The number of piperidine rings is 2. The van der Waals surface area contributed by atoms with Crippen molar-refractivity contribution in [3.8, 4) is 0 Å². The van der Waals surface area contributed by atoms with Gasteiger partial charge in [-0.15, -0.1) is 0 Å². The largest absolute Gasteiger partial charge is 0.444 e. The van der Waals surface area contributed by atoms with E-state index in [1.807, 2.05) is 45.6 Å². The first-order chi connectivity index (χ1) is 19.0. The Kier molecular flexibility index (Phi) is 7.70. The van der Waals surface area contributed by atoms with Gasteiger partial charge in [-0.1, -0.05) is 11.2 Å². The number of aryl methyl sites for hydroxylation is 2. The molecule has 0 radical (unpaired) electrons. The maximum absolute atomic E-state index is 14.9. The normalized spacial score (nSPS) is 18.7. The number of rotatable bonds is 3. The van der Waals surface area contributed by atoms with E-state index in [-0.39, 0.29) is 23.8 Å². The van der Waals surface area contributed by atoms with Crippen LogP contribution in [0.3, 0.4) is 0 Å². The molecule has 2 aromatic heterocycles. The second-order valence-electron chi connectivity index (χ2n) is 11.9. The molecule has 4 heterocycles. The minimum absolute atomic E-state index is 0.188. The Balaban J connectivity index is 1.47. The number of benzene rings is 1. The summed E-state index contributed by atoms with van der Waals surface area (Å²) in [5.41, 5.74) is 1.05. The topological polar surface area (TPSA) is 92.0 Å². The fourth-order valence-electron chi connectivity index (χ4n) is 5.75. The highest BCUT2D eigenvalue weighted by Gasteiger charge is 2.38. The number of hydrogen-bond acceptors (Lipinski definition) is 6. The molecule has 2 saturated heterocycles. The van der Waals surface area contributed by atoms with E-state index < -0.39 is 11.7 Å². The van der Waals surface area contributed by atoms with Gasteiger partial charge in [-0.05, 0) is 78.0 Å². The molecule has 9 nitrogen and oxygen atoms in total. The van der Waals surface area contributed by atoms with Gasteiger partial charge in [0.05, 0.1) is 11.7 Å². The van der Waals surface area contributed by atoms with Gasteiger partial charge in [-0.25, -0.2) is 19.0 Å². The molecule has 0 aliphatic carbocycles. The molecular weight excluding hydrogens is 513 g/mol. The molecule has 3 amide bonds. The average molecular weight is 552 g/mol. The van der Waals surface area contributed by atoms with Crippen LogP contribution in [0.5, 0.6) is 0 Å². The Labute approximate surface area is 234 Å². The van der Waals surface area contributed by atoms with Crippen LogP contribution in [0.15, 0.2) is 35.0 Å². The van der Waals surface area contributed by atoms with Crippen molar-refractivity contribution in [3.05, 3.63) is 53.3 Å². The van der Waals surface area contributed by atoms with Crippen LogP contribution in [-0.2, 0) is 4.74 Å². The Hall–Kier alpha value is -3.69. The van der Waals surface area contributed by atoms with E-state index in [2.05, 4.69) is 10.1 Å². The van der Waals surface area contributed by atoms with Crippen molar-refractivity contribution in [2.45, 2.75) is 77.9 Å². The fourth-order valence-corrected chi connectivity index (χ4v) is 5.75. The number of nitrogens with zero attached hydrogens (tertiary/aromatic N) is 5. The molecule has 2 aliphatic heterocycles. The molecule has 0 N–H and O–H groups in total. The monoisotopic (exact) mass is 551 g/mol. The summed E-state index contributed by atoms with van der Waals surface area (Å²) in [5.74, 6) is 1.11. The number of aromatic nitrogens is 2. The van der Waals surface area contributed by atoms with Crippen molar-refractivity contribution in [3.63, 3.8) is 0 Å². The fraction of sp³-hybridized carbons (Fsp3) is 0.533. The van der Waals surface area contributed by atoms with Gasteiger partial charge in [0.15, 0.2) is 0 Å². The van der Waals surface area contributed by atoms with E-state index in [4.69, 9.17) is 9.26 Å². The first kappa shape index (κ1) is 27.9. The third-order valence-electron chi connectivity index (χ3n) is 7.72. The highest BCUT2D eigenvalue weighted by atomic mass is 19.1. The Morgan fingerprint density at radius 1 is 1.07 bits per heavy atom. The molecule has 3 aromatic rings. The van der Waals surface area contributed by atoms with Crippen molar-refractivity contribution >= 4 is 28.7 Å². The molecule has 2 aliphatic rings. The highest BCUT2D eigenvalue weighted by molar-refractivity contribution is 6.03. The SMILES string of the molecule is Cc1cc(C2CCN(C(=O)N(c3nccc4c(F)ccc(C)c34)[C@@H]3CCCN(C(=O)OC(C)(C)C)C3)CC2)on1. The smallest absolute Gasteiger partial charge is 0.410 e. The lowest BCUT2D eigenvalue weighted by Gasteiger charge is -2.42. The number of pyridine rings is 1. The molecule has 0 saturated carbocycles. The van der Waals surface area contributed by atoms with Crippen molar-refractivity contribution in [2.24, 2.45) is 0 Å². The van der Waals surface area contributed by atoms with Gasteiger partial charge in [0.1, 0.15) is 23.0 Å². The first-order valence-electron chi connectivity index (χ1n) is 14.0. The second-order valence-corrected chi connectivity index (χ2v) is 11.9. The summed E-state index contributed by atoms with van der Waals surface area (Å²) >= 11 is 0. The lowest BCUT2D eigenvalue weighted by molar-refractivity contribution is 0.0197. The molecule has 5 rings (SSSR count). The van der Waals surface area contributed by atoms with E-state index in [9.17, 15) is 14.0 Å². The summed E-state index contributed by atoms with van der Waals surface area (Å²) in [6, 6.07) is 6.22. The Morgan fingerprint density at radius 3 is 2.50 bits per heavy atom. The maximum atomic E-state index is 14.9. The van der Waals surface area contributed by atoms with Crippen LogP contribution in [0.2, 0.25) is 0 Å². The standard InChI is InChI=1S/C30H38FN5O4/c1-19-8-9-24(31)23-10-13-32-27(26(19)23)36(22-7-6-14-35(18-22)29(38)39-30(3,4)5)28(37)34-15-11-21(12-16-34)25-17-20(2)33-40-25/h8-10,13,17,21-22H,6-7,11-12,14-16,18H2,1-5H3/t22-/m1/s1. The number of carbonyl (C=O) groups excluding carboxylic acids is 2. The Bertz CT molecular complexity index is 1390. The zero-order valence-corrected chi connectivity index (χ0v) is 23.9. The molecule has 1 atom stereocenters. The molecular formula is C30H38FN5O4. The van der Waals surface area contributed by atoms with Crippen LogP contribution in [-0.4, -0.2) is 69.9 Å². The summed E-state index contributed by atoms with van der Waals surface area (Å²) in [7, 11) is 0. The minimum Gasteiger partial charge on any atom is -0.444 e. The van der Waals surface area contributed by atoms with Crippen LogP contribution < -0.4 is 4.90 Å². The number of fused-ring (bicyclic) bond motifs is 1. The number of amides is 3. The van der Waals surface area contributed by atoms with Crippen LogP contribution in [0, 0.1) is 19.7 Å². The highest BCUT2D eigenvalue weighted by Crippen LogP contribution is 2.35. The number of urea groups is 1. The van der Waals surface area contributed by atoms with Crippen molar-refractivity contribution in [1.29, 1.82) is 0 Å². The van der Waals surface area contributed by atoms with Gasteiger partial charge in [0, 0.05) is 55.1 Å². The molecule has 1 aromatic carbocycles. The van der Waals surface area contributed by atoms with Crippen LogP contribution in [0.25, 0.3) is 10.8 Å². The van der Waals surface area contributed by atoms with Crippen LogP contribution in [0.1, 0.15) is 69.4 Å². The minimum atomic E-state index is -0.627. The molecule has 0 spiro atoms. The third-order valence-corrected chi connectivity index (χ3v) is 7.72. The van der Waals surface area contributed by atoms with Gasteiger partial charge in [-0.3, -0.25) is 4.90 Å². The maximum Gasteiger partial charge on any atom is 0.410 e. The molecule has 214 valence electrons. The van der Waals surface area contributed by atoms with E-state index in [0.29, 0.717) is 55.6 Å². The molecule has 0 bridgehead atoms. The number of anilines is 1. The van der Waals surface area contributed by atoms with Crippen LogP contribution >= 0.6 is 0 Å². The van der Waals surface area contributed by atoms with Gasteiger partial charge in [0.2, 0.25) is 0 Å². The van der Waals surface area contributed by atoms with Gasteiger partial charge >= 0.3 is 12.1 Å². The van der Waals surface area contributed by atoms with Crippen molar-refractivity contribution < 1.29 is 23.2 Å². The summed E-state index contributed by atoms with van der Waals surface area (Å²) in [6.45, 7) is 11.2. The second kappa shape index (κ2) is 11.1. The van der Waals surface area contributed by atoms with E-state index in [0.717, 1.165) is 29.9 Å². The van der Waals surface area contributed by atoms with Gasteiger partial charge in [-0.2, -0.15) is 0 Å². The summed E-state index contributed by atoms with van der Waals surface area (Å²) < 4.78 is 26.1. The van der Waals surface area contributed by atoms with Gasteiger partial charge in [0.25, 0.3) is 0 Å². The molecule has 40 heavy (non-hydrogen) atoms. The zero-order chi connectivity index (χ0) is 28.6. The van der Waals surface area contributed by atoms with E-state index >= 15 is 0 Å². The predicted molar refractivity (Wildman–Crippen MR) is 150 cm³/mol. The summed E-state index contributed by atoms with van der Waals surface area (Å²) in [6.07, 6.45) is 4.04. The predicted octanol–water partition coefficient (Wildman–Crippen LogP) is 6.18. The van der Waals surface area contributed by atoms with E-state index in [1.165, 1.54) is 6.07 Å². The Morgan fingerprint density at radius 2 is 1.82 bits per heavy atom. The lowest BCUT2D eigenvalue weighted by Crippen LogP contribution is -2.57. The van der Waals surface area contributed by atoms with Gasteiger partial charge < -0.3 is 19.1 Å². The average Bonchev–Trinajstić information content (AvgIpc) is 3.36. The number of ether oxygens (including phenoxy) is 1. The first-order valence-corrected chi connectivity index (χ1v) is 14.0. The van der Waals surface area contributed by atoms with Crippen LogP contribution in [0.4, 0.5) is 19.8 Å². The quantitative estimate of drug-likeness (QED) is 0.386. The third kappa shape index (κ3) is 5.76. The number of halogens is 1. The molecule has 0 unspecified atom stereocenters. The summed E-state index contributed by atoms with van der Waals surface area (Å²) in [5, 5.41) is 5.04. The van der Waals surface area contributed by atoms with Crippen molar-refractivity contribution in [1.82, 2.24) is 19.9 Å². The van der Waals surface area contributed by atoms with E-state index in [1.54, 1.807) is 28.1 Å². The van der Waals surface area contributed by atoms with Crippen molar-refractivity contribution in [2.75, 3.05) is 31.1 Å².